The molecule has 2 N–H and O–H groups in total. The van der Waals surface area contributed by atoms with Gasteiger partial charge in [0.25, 0.3) is 5.91 Å². The van der Waals surface area contributed by atoms with Gasteiger partial charge in [-0.2, -0.15) is 10.2 Å². The summed E-state index contributed by atoms with van der Waals surface area (Å²) in [7, 11) is 1.79. The predicted molar refractivity (Wildman–Crippen MR) is 70.9 cm³/mol. The number of amides is 1. The van der Waals surface area contributed by atoms with Gasteiger partial charge in [-0.25, -0.2) is 4.98 Å². The zero-order valence-corrected chi connectivity index (χ0v) is 10.8. The van der Waals surface area contributed by atoms with E-state index in [-0.39, 0.29) is 5.91 Å². The van der Waals surface area contributed by atoms with E-state index in [1.165, 1.54) is 11.3 Å². The first kappa shape index (κ1) is 11.6. The molecule has 0 aliphatic rings. The second kappa shape index (κ2) is 4.65. The monoisotopic (exact) mass is 274 g/mol. The fourth-order valence-electron chi connectivity index (χ4n) is 1.56. The van der Waals surface area contributed by atoms with Gasteiger partial charge >= 0.3 is 0 Å². The van der Waals surface area contributed by atoms with Crippen LogP contribution < -0.4 is 5.32 Å². The van der Waals surface area contributed by atoms with Crippen LogP contribution in [0.5, 0.6) is 0 Å². The van der Waals surface area contributed by atoms with Gasteiger partial charge in [-0.05, 0) is 0 Å². The van der Waals surface area contributed by atoms with Crippen molar-refractivity contribution in [3.05, 3.63) is 35.9 Å². The molecule has 0 saturated carbocycles. The Balaban J connectivity index is 1.77. The number of H-pyrrole nitrogens is 1. The Hall–Kier alpha value is -2.48. The van der Waals surface area contributed by atoms with Crippen molar-refractivity contribution < 1.29 is 4.79 Å². The summed E-state index contributed by atoms with van der Waals surface area (Å²) in [5, 5.41) is 15.8. The van der Waals surface area contributed by atoms with Crippen molar-refractivity contribution in [3.63, 3.8) is 0 Å². The molecule has 0 aliphatic carbocycles. The van der Waals surface area contributed by atoms with E-state index in [0.29, 0.717) is 11.4 Å². The van der Waals surface area contributed by atoms with E-state index >= 15 is 0 Å². The molecule has 0 bridgehead atoms. The van der Waals surface area contributed by atoms with Gasteiger partial charge in [0, 0.05) is 30.4 Å². The minimum atomic E-state index is -0.251. The topological polar surface area (TPSA) is 88.5 Å². The Morgan fingerprint density at radius 1 is 1.47 bits per heavy atom. The second-order valence-electron chi connectivity index (χ2n) is 3.88. The van der Waals surface area contributed by atoms with Gasteiger partial charge < -0.3 is 5.32 Å². The van der Waals surface area contributed by atoms with Crippen molar-refractivity contribution in [2.75, 3.05) is 5.32 Å². The molecule has 3 aromatic heterocycles. The molecule has 0 aromatic carbocycles. The van der Waals surface area contributed by atoms with Crippen LogP contribution in [0.3, 0.4) is 0 Å². The first-order valence-corrected chi connectivity index (χ1v) is 6.35. The van der Waals surface area contributed by atoms with Gasteiger partial charge in [0.1, 0.15) is 10.7 Å². The number of nitrogens with zero attached hydrogens (tertiary/aromatic N) is 4. The van der Waals surface area contributed by atoms with Crippen molar-refractivity contribution in [1.82, 2.24) is 25.0 Å². The van der Waals surface area contributed by atoms with E-state index in [4.69, 9.17) is 0 Å². The highest BCUT2D eigenvalue weighted by atomic mass is 32.1. The van der Waals surface area contributed by atoms with E-state index in [1.54, 1.807) is 41.9 Å². The number of thiazole rings is 1. The van der Waals surface area contributed by atoms with Crippen molar-refractivity contribution in [2.45, 2.75) is 0 Å². The SMILES string of the molecule is Cn1cc(NC(=O)c2csc(-c3cn[nH]c3)n2)cn1. The third-order valence-electron chi connectivity index (χ3n) is 2.44. The molecular formula is C11H10N6OS. The molecule has 0 fully saturated rings. The number of rotatable bonds is 3. The zero-order valence-electron chi connectivity index (χ0n) is 9.99. The van der Waals surface area contributed by atoms with Crippen LogP contribution in [0.2, 0.25) is 0 Å². The lowest BCUT2D eigenvalue weighted by molar-refractivity contribution is 0.102. The van der Waals surface area contributed by atoms with Gasteiger partial charge in [0.05, 0.1) is 18.1 Å². The largest absolute Gasteiger partial charge is 0.318 e. The highest BCUT2D eigenvalue weighted by molar-refractivity contribution is 7.13. The number of nitrogens with one attached hydrogen (secondary N) is 2. The van der Waals surface area contributed by atoms with E-state index in [9.17, 15) is 4.79 Å². The van der Waals surface area contributed by atoms with Gasteiger partial charge in [-0.15, -0.1) is 11.3 Å². The Morgan fingerprint density at radius 3 is 3.05 bits per heavy atom. The number of carbonyl (C=O) groups is 1. The fraction of sp³-hybridized carbons (Fsp3) is 0.0909. The summed E-state index contributed by atoms with van der Waals surface area (Å²) >= 11 is 1.40. The van der Waals surface area contributed by atoms with Crippen LogP contribution in [0.25, 0.3) is 10.6 Å². The number of aryl methyl sites for hydroxylation is 1. The van der Waals surface area contributed by atoms with Crippen molar-refractivity contribution in [2.24, 2.45) is 7.05 Å². The zero-order chi connectivity index (χ0) is 13.2. The molecule has 3 aromatic rings. The number of aromatic amines is 1. The lowest BCUT2D eigenvalue weighted by atomic mass is 10.4. The van der Waals surface area contributed by atoms with Crippen LogP contribution in [0, 0.1) is 0 Å². The molecular weight excluding hydrogens is 264 g/mol. The maximum Gasteiger partial charge on any atom is 0.275 e. The van der Waals surface area contributed by atoms with Crippen LogP contribution in [0.1, 0.15) is 10.5 Å². The Bertz CT molecular complexity index is 698. The summed E-state index contributed by atoms with van der Waals surface area (Å²) in [4.78, 5) is 16.3. The molecule has 3 rings (SSSR count). The molecule has 0 radical (unpaired) electrons. The second-order valence-corrected chi connectivity index (χ2v) is 4.74. The number of hydrogen-bond donors (Lipinski definition) is 2. The average Bonchev–Trinajstić information content (AvgIpc) is 3.08. The summed E-state index contributed by atoms with van der Waals surface area (Å²) in [5.74, 6) is -0.251. The summed E-state index contributed by atoms with van der Waals surface area (Å²) in [6, 6.07) is 0. The molecule has 0 aliphatic heterocycles. The maximum absolute atomic E-state index is 12.0. The molecule has 3 heterocycles. The summed E-state index contributed by atoms with van der Waals surface area (Å²) in [6.07, 6.45) is 6.71. The summed E-state index contributed by atoms with van der Waals surface area (Å²) in [6.45, 7) is 0. The predicted octanol–water partition coefficient (Wildman–Crippen LogP) is 1.52. The molecule has 19 heavy (non-hydrogen) atoms. The van der Waals surface area contributed by atoms with Crippen molar-refractivity contribution in [3.8, 4) is 10.6 Å². The molecule has 0 saturated heterocycles. The van der Waals surface area contributed by atoms with Gasteiger partial charge in [-0.1, -0.05) is 0 Å². The lowest BCUT2D eigenvalue weighted by Crippen LogP contribution is -2.11. The van der Waals surface area contributed by atoms with E-state index < -0.39 is 0 Å². The molecule has 96 valence electrons. The van der Waals surface area contributed by atoms with Crippen LogP contribution in [0.4, 0.5) is 5.69 Å². The van der Waals surface area contributed by atoms with Gasteiger partial charge in [0.15, 0.2) is 0 Å². The molecule has 1 amide bonds. The number of carbonyl (C=O) groups excluding carboxylic acids is 1. The van der Waals surface area contributed by atoms with Crippen molar-refractivity contribution >= 4 is 22.9 Å². The van der Waals surface area contributed by atoms with E-state index in [1.807, 2.05) is 0 Å². The van der Waals surface area contributed by atoms with Crippen LogP contribution >= 0.6 is 11.3 Å². The van der Waals surface area contributed by atoms with Crippen LogP contribution in [-0.2, 0) is 7.05 Å². The minimum Gasteiger partial charge on any atom is -0.318 e. The highest BCUT2D eigenvalue weighted by Crippen LogP contribution is 2.22. The quantitative estimate of drug-likeness (QED) is 0.758. The Kier molecular flexibility index (Phi) is 2.84. The Labute approximate surface area is 112 Å². The molecule has 0 atom stereocenters. The Morgan fingerprint density at radius 2 is 2.37 bits per heavy atom. The lowest BCUT2D eigenvalue weighted by Gasteiger charge is -1.97. The average molecular weight is 274 g/mol. The number of hydrogen-bond acceptors (Lipinski definition) is 5. The minimum absolute atomic E-state index is 0.251. The van der Waals surface area contributed by atoms with E-state index in [2.05, 4.69) is 25.6 Å². The third kappa shape index (κ3) is 2.38. The first-order valence-electron chi connectivity index (χ1n) is 5.47. The van der Waals surface area contributed by atoms with E-state index in [0.717, 1.165) is 10.6 Å². The summed E-state index contributed by atoms with van der Waals surface area (Å²) in [5.41, 5.74) is 1.89. The first-order chi connectivity index (χ1) is 9.22. The van der Waals surface area contributed by atoms with Crippen LogP contribution in [-0.4, -0.2) is 30.9 Å². The fourth-order valence-corrected chi connectivity index (χ4v) is 2.34. The van der Waals surface area contributed by atoms with Gasteiger partial charge in [-0.3, -0.25) is 14.6 Å². The highest BCUT2D eigenvalue weighted by Gasteiger charge is 2.13. The standard InChI is InChI=1S/C11H10N6OS/c1-17-5-8(4-14-17)15-10(18)9-6-19-11(16-9)7-2-12-13-3-7/h2-6H,1H3,(H,12,13)(H,15,18). The van der Waals surface area contributed by atoms with Crippen molar-refractivity contribution in [1.29, 1.82) is 0 Å². The van der Waals surface area contributed by atoms with Gasteiger partial charge in [0.2, 0.25) is 0 Å². The number of anilines is 1. The summed E-state index contributed by atoms with van der Waals surface area (Å²) < 4.78 is 1.62. The molecule has 0 unspecified atom stereocenters. The third-order valence-corrected chi connectivity index (χ3v) is 3.34. The molecule has 7 nitrogen and oxygen atoms in total. The molecule has 0 spiro atoms. The smallest absolute Gasteiger partial charge is 0.275 e. The normalized spacial score (nSPS) is 10.6. The maximum atomic E-state index is 12.0. The molecule has 8 heteroatoms. The number of aromatic nitrogens is 5. The van der Waals surface area contributed by atoms with Crippen LogP contribution in [0.15, 0.2) is 30.2 Å².